The zero-order valence-corrected chi connectivity index (χ0v) is 7.21. The predicted octanol–water partition coefficient (Wildman–Crippen LogP) is 3.04. The molecule has 0 atom stereocenters. The fourth-order valence-electron chi connectivity index (χ4n) is 1.19. The minimum atomic E-state index is -4.73. The van der Waals surface area contributed by atoms with Crippen LogP contribution in [-0.4, -0.2) is 11.5 Å². The van der Waals surface area contributed by atoms with Crippen LogP contribution < -0.4 is 4.74 Å². The molecule has 0 aliphatic rings. The molecule has 0 unspecified atom stereocenters. The van der Waals surface area contributed by atoms with Gasteiger partial charge in [0.1, 0.15) is 17.6 Å². The average molecular weight is 218 g/mol. The van der Waals surface area contributed by atoms with Gasteiger partial charge in [0.2, 0.25) is 0 Å². The first-order valence-electron chi connectivity index (χ1n) is 3.92. The monoisotopic (exact) mass is 218 g/mol. The van der Waals surface area contributed by atoms with E-state index in [2.05, 4.69) is 4.74 Å². The van der Waals surface area contributed by atoms with Gasteiger partial charge in [-0.2, -0.15) is 0 Å². The van der Waals surface area contributed by atoms with Crippen molar-refractivity contribution in [2.24, 2.45) is 0 Å². The molecule has 0 radical (unpaired) electrons. The van der Waals surface area contributed by atoms with Crippen LogP contribution in [0.3, 0.4) is 0 Å². The largest absolute Gasteiger partial charge is 0.573 e. The molecule has 2 aromatic rings. The lowest BCUT2D eigenvalue weighted by Crippen LogP contribution is -2.16. The van der Waals surface area contributed by atoms with E-state index in [1.54, 1.807) is 0 Å². The first-order chi connectivity index (χ1) is 6.96. The third-order valence-electron chi connectivity index (χ3n) is 1.76. The van der Waals surface area contributed by atoms with Crippen molar-refractivity contribution in [2.45, 2.75) is 6.36 Å². The summed E-state index contributed by atoms with van der Waals surface area (Å²) in [6.07, 6.45) is -3.69. The molecule has 3 nitrogen and oxygen atoms in total. The van der Waals surface area contributed by atoms with E-state index in [1.165, 1.54) is 6.07 Å². The van der Waals surface area contributed by atoms with E-state index in [0.29, 0.717) is 5.39 Å². The smallest absolute Gasteiger partial charge is 0.504 e. The summed E-state index contributed by atoms with van der Waals surface area (Å²) in [5.41, 5.74) is 0.134. The Hall–Kier alpha value is -1.85. The van der Waals surface area contributed by atoms with Crippen molar-refractivity contribution in [1.29, 1.82) is 0 Å². The van der Waals surface area contributed by atoms with Crippen molar-refractivity contribution in [3.63, 3.8) is 0 Å². The highest BCUT2D eigenvalue weighted by molar-refractivity contribution is 5.84. The minimum absolute atomic E-state index is 0.122. The van der Waals surface area contributed by atoms with E-state index in [-0.39, 0.29) is 17.1 Å². The van der Waals surface area contributed by atoms with Crippen LogP contribution in [0.1, 0.15) is 0 Å². The average Bonchev–Trinajstić information content (AvgIpc) is 2.45. The molecule has 1 aromatic carbocycles. The maximum Gasteiger partial charge on any atom is 0.573 e. The fraction of sp³-hybridized carbons (Fsp3) is 0.111. The van der Waals surface area contributed by atoms with Crippen LogP contribution in [0.2, 0.25) is 0 Å². The zero-order valence-electron chi connectivity index (χ0n) is 7.21. The Morgan fingerprint density at radius 2 is 2.00 bits per heavy atom. The van der Waals surface area contributed by atoms with E-state index >= 15 is 0 Å². The molecule has 0 saturated carbocycles. The van der Waals surface area contributed by atoms with Crippen LogP contribution in [-0.2, 0) is 0 Å². The Morgan fingerprint density at radius 1 is 1.27 bits per heavy atom. The van der Waals surface area contributed by atoms with Crippen molar-refractivity contribution in [2.75, 3.05) is 0 Å². The van der Waals surface area contributed by atoms with Crippen molar-refractivity contribution in [1.82, 2.24) is 0 Å². The van der Waals surface area contributed by atoms with Gasteiger partial charge in [0.15, 0.2) is 5.75 Å². The van der Waals surface area contributed by atoms with E-state index in [0.717, 1.165) is 18.4 Å². The predicted molar refractivity (Wildman–Crippen MR) is 44.6 cm³/mol. The van der Waals surface area contributed by atoms with Gasteiger partial charge >= 0.3 is 6.36 Å². The normalized spacial score (nSPS) is 11.9. The van der Waals surface area contributed by atoms with Gasteiger partial charge < -0.3 is 14.3 Å². The molecule has 6 heteroatoms. The lowest BCUT2D eigenvalue weighted by molar-refractivity contribution is -0.274. The number of benzene rings is 1. The molecule has 1 heterocycles. The van der Waals surface area contributed by atoms with Crippen LogP contribution in [0, 0.1) is 0 Å². The molecular formula is C9H5F3O3. The molecule has 80 valence electrons. The standard InChI is InChI=1S/C9H5F3O3/c10-9(11,12)15-5-1-2-6-7(13)4-14-8(6)3-5/h1-4,13H. The number of alkyl halides is 3. The summed E-state index contributed by atoms with van der Waals surface area (Å²) >= 11 is 0. The lowest BCUT2D eigenvalue weighted by Gasteiger charge is -2.07. The molecule has 0 fully saturated rings. The second-order valence-electron chi connectivity index (χ2n) is 2.83. The van der Waals surface area contributed by atoms with Gasteiger partial charge in [-0.3, -0.25) is 0 Å². The van der Waals surface area contributed by atoms with Crippen LogP contribution in [0.25, 0.3) is 11.0 Å². The maximum atomic E-state index is 11.8. The summed E-state index contributed by atoms with van der Waals surface area (Å²) in [4.78, 5) is 0. The summed E-state index contributed by atoms with van der Waals surface area (Å²) in [7, 11) is 0. The molecule has 2 rings (SSSR count). The number of rotatable bonds is 1. The van der Waals surface area contributed by atoms with E-state index in [9.17, 15) is 18.3 Å². The van der Waals surface area contributed by atoms with Crippen molar-refractivity contribution in [3.05, 3.63) is 24.5 Å². The first-order valence-corrected chi connectivity index (χ1v) is 3.92. The van der Waals surface area contributed by atoms with Gasteiger partial charge in [-0.15, -0.1) is 13.2 Å². The summed E-state index contributed by atoms with van der Waals surface area (Å²) < 4.78 is 44.0. The SMILES string of the molecule is Oc1coc2cc(OC(F)(F)F)ccc12. The summed E-state index contributed by atoms with van der Waals surface area (Å²) in [6.45, 7) is 0. The molecule has 1 N–H and O–H groups in total. The van der Waals surface area contributed by atoms with E-state index in [1.807, 2.05) is 0 Å². The van der Waals surface area contributed by atoms with Crippen LogP contribution in [0.4, 0.5) is 13.2 Å². The number of ether oxygens (including phenoxy) is 1. The molecule has 15 heavy (non-hydrogen) atoms. The quantitative estimate of drug-likeness (QED) is 0.799. The first kappa shape index (κ1) is 9.70. The molecule has 0 aliphatic heterocycles. The van der Waals surface area contributed by atoms with Gasteiger partial charge in [0, 0.05) is 6.07 Å². The third-order valence-corrected chi connectivity index (χ3v) is 1.76. The van der Waals surface area contributed by atoms with Crippen LogP contribution in [0.5, 0.6) is 11.5 Å². The zero-order chi connectivity index (χ0) is 11.1. The van der Waals surface area contributed by atoms with Crippen LogP contribution in [0.15, 0.2) is 28.9 Å². The molecule has 0 bridgehead atoms. The Morgan fingerprint density at radius 3 is 2.67 bits per heavy atom. The molecule has 1 aromatic heterocycles. The van der Waals surface area contributed by atoms with Crippen molar-refractivity contribution < 1.29 is 27.4 Å². The maximum absolute atomic E-state index is 11.8. The number of fused-ring (bicyclic) bond motifs is 1. The Kier molecular flexibility index (Phi) is 1.99. The van der Waals surface area contributed by atoms with Crippen molar-refractivity contribution >= 4 is 11.0 Å². The molecular weight excluding hydrogens is 213 g/mol. The van der Waals surface area contributed by atoms with E-state index < -0.39 is 6.36 Å². The van der Waals surface area contributed by atoms with Gasteiger partial charge in [-0.05, 0) is 12.1 Å². The minimum Gasteiger partial charge on any atom is -0.504 e. The second-order valence-corrected chi connectivity index (χ2v) is 2.83. The number of hydrogen-bond acceptors (Lipinski definition) is 3. The van der Waals surface area contributed by atoms with Gasteiger partial charge in [0.05, 0.1) is 5.39 Å². The summed E-state index contributed by atoms with van der Waals surface area (Å²) in [5.74, 6) is -0.507. The Balaban J connectivity index is 2.39. The molecule has 0 saturated heterocycles. The Bertz CT molecular complexity index is 487. The van der Waals surface area contributed by atoms with E-state index in [4.69, 9.17) is 4.42 Å². The van der Waals surface area contributed by atoms with Gasteiger partial charge in [0.25, 0.3) is 0 Å². The summed E-state index contributed by atoms with van der Waals surface area (Å²) in [5, 5.41) is 9.52. The van der Waals surface area contributed by atoms with Gasteiger partial charge in [-0.1, -0.05) is 0 Å². The summed E-state index contributed by atoms with van der Waals surface area (Å²) in [6, 6.07) is 3.45. The highest BCUT2D eigenvalue weighted by Crippen LogP contribution is 2.31. The van der Waals surface area contributed by atoms with Crippen molar-refractivity contribution in [3.8, 4) is 11.5 Å². The number of hydrogen-bond donors (Lipinski definition) is 1. The highest BCUT2D eigenvalue weighted by atomic mass is 19.4. The fourth-order valence-corrected chi connectivity index (χ4v) is 1.19. The molecule has 0 aliphatic carbocycles. The topological polar surface area (TPSA) is 42.6 Å². The second kappa shape index (κ2) is 3.08. The number of furan rings is 1. The third kappa shape index (κ3) is 1.98. The van der Waals surface area contributed by atoms with Gasteiger partial charge in [-0.25, -0.2) is 0 Å². The lowest BCUT2D eigenvalue weighted by atomic mass is 10.2. The highest BCUT2D eigenvalue weighted by Gasteiger charge is 2.31. The Labute approximate surface area is 81.7 Å². The van der Waals surface area contributed by atoms with Crippen LogP contribution >= 0.6 is 0 Å². The number of aromatic hydroxyl groups is 1. The molecule has 0 amide bonds. The molecule has 0 spiro atoms. The number of halogens is 3.